The molecule has 152 valence electrons. The molecule has 0 aliphatic carbocycles. The molecule has 1 aliphatic heterocycles. The monoisotopic (exact) mass is 478 g/mol. The fourth-order valence-corrected chi connectivity index (χ4v) is 5.28. The average molecular weight is 479 g/mol. The zero-order chi connectivity index (χ0) is 20.4. The Kier molecular flexibility index (Phi) is 5.52. The third-order valence-corrected chi connectivity index (χ3v) is 7.12. The summed E-state index contributed by atoms with van der Waals surface area (Å²) in [7, 11) is -2.20. The molecular weight excluding hydrogens is 460 g/mol. The topological polar surface area (TPSA) is 93.5 Å². The van der Waals surface area contributed by atoms with E-state index in [0.717, 1.165) is 0 Å². The first-order chi connectivity index (χ1) is 14.0. The Labute approximate surface area is 177 Å². The van der Waals surface area contributed by atoms with E-state index < -0.39 is 10.0 Å². The van der Waals surface area contributed by atoms with Gasteiger partial charge in [0.05, 0.1) is 7.11 Å². The number of benzene rings is 1. The van der Waals surface area contributed by atoms with Gasteiger partial charge in [-0.25, -0.2) is 13.4 Å². The lowest BCUT2D eigenvalue weighted by Gasteiger charge is -2.34. The molecule has 0 bridgehead atoms. The van der Waals surface area contributed by atoms with E-state index in [0.29, 0.717) is 48.0 Å². The number of anilines is 1. The lowest BCUT2D eigenvalue weighted by Crippen LogP contribution is -2.49. The summed E-state index contributed by atoms with van der Waals surface area (Å²) in [4.78, 5) is 6.18. The molecule has 11 heteroatoms. The lowest BCUT2D eigenvalue weighted by molar-refractivity contribution is 0.373. The molecule has 3 heterocycles. The van der Waals surface area contributed by atoms with Crippen LogP contribution in [0.1, 0.15) is 0 Å². The Morgan fingerprint density at radius 3 is 2.38 bits per heavy atom. The minimum Gasteiger partial charge on any atom is -0.495 e. The van der Waals surface area contributed by atoms with E-state index in [1.165, 1.54) is 11.4 Å². The Hall–Kier alpha value is -2.50. The van der Waals surface area contributed by atoms with Gasteiger partial charge in [-0.05, 0) is 30.3 Å². The largest absolute Gasteiger partial charge is 0.495 e. The van der Waals surface area contributed by atoms with Gasteiger partial charge in [0.1, 0.15) is 17.0 Å². The zero-order valence-corrected chi connectivity index (χ0v) is 18.0. The second-order valence-electron chi connectivity index (χ2n) is 6.41. The molecule has 0 amide bonds. The van der Waals surface area contributed by atoms with Gasteiger partial charge in [-0.15, -0.1) is 10.2 Å². The van der Waals surface area contributed by atoms with Crippen molar-refractivity contribution in [3.05, 3.63) is 53.5 Å². The van der Waals surface area contributed by atoms with E-state index in [2.05, 4.69) is 31.1 Å². The van der Waals surface area contributed by atoms with Crippen LogP contribution in [0, 0.1) is 0 Å². The van der Waals surface area contributed by atoms with Crippen LogP contribution in [0.4, 0.5) is 5.82 Å². The second kappa shape index (κ2) is 8.09. The summed E-state index contributed by atoms with van der Waals surface area (Å²) in [6, 6.07) is 8.71. The maximum atomic E-state index is 13.1. The minimum absolute atomic E-state index is 0.160. The molecule has 0 radical (unpaired) electrons. The van der Waals surface area contributed by atoms with Gasteiger partial charge >= 0.3 is 0 Å². The molecule has 1 aromatic carbocycles. The van der Waals surface area contributed by atoms with Crippen molar-refractivity contribution in [2.24, 2.45) is 0 Å². The Balaban J connectivity index is 1.47. The van der Waals surface area contributed by atoms with Crippen LogP contribution in [-0.2, 0) is 10.0 Å². The molecule has 0 saturated carbocycles. The highest BCUT2D eigenvalue weighted by Gasteiger charge is 2.31. The number of imidazole rings is 1. The van der Waals surface area contributed by atoms with Gasteiger partial charge in [-0.2, -0.15) is 4.31 Å². The van der Waals surface area contributed by atoms with Gasteiger partial charge in [-0.3, -0.25) is 4.57 Å². The van der Waals surface area contributed by atoms with Crippen LogP contribution in [-0.4, -0.2) is 65.8 Å². The zero-order valence-electron chi connectivity index (χ0n) is 15.6. The first-order valence-corrected chi connectivity index (χ1v) is 11.1. The summed E-state index contributed by atoms with van der Waals surface area (Å²) in [5, 5.41) is 8.50. The quantitative estimate of drug-likeness (QED) is 0.552. The van der Waals surface area contributed by atoms with Crippen LogP contribution >= 0.6 is 15.9 Å². The summed E-state index contributed by atoms with van der Waals surface area (Å²) >= 11 is 3.33. The SMILES string of the molecule is COc1ccc(Br)cc1S(=O)(=O)N1CCN(c2ccc(-n3ccnc3)nn2)CC1. The molecule has 29 heavy (non-hydrogen) atoms. The molecule has 9 nitrogen and oxygen atoms in total. The van der Waals surface area contributed by atoms with Gasteiger partial charge in [0.25, 0.3) is 0 Å². The average Bonchev–Trinajstić information content (AvgIpc) is 3.29. The van der Waals surface area contributed by atoms with Gasteiger partial charge in [0, 0.05) is 43.0 Å². The normalized spacial score (nSPS) is 15.4. The van der Waals surface area contributed by atoms with Crippen molar-refractivity contribution >= 4 is 31.8 Å². The van der Waals surface area contributed by atoms with Crippen molar-refractivity contribution in [2.45, 2.75) is 4.90 Å². The molecule has 0 spiro atoms. The van der Waals surface area contributed by atoms with E-state index in [1.807, 2.05) is 17.0 Å². The summed E-state index contributed by atoms with van der Waals surface area (Å²) in [5.74, 6) is 1.72. The first kappa shape index (κ1) is 19.8. The standard InChI is InChI=1S/C18H19BrN6O3S/c1-28-15-3-2-14(19)12-16(15)29(26,27)25-10-8-23(9-11-25)17-4-5-18(22-21-17)24-7-6-20-13-24/h2-7,12-13H,8-11H2,1H3. The van der Waals surface area contributed by atoms with Crippen molar-refractivity contribution < 1.29 is 13.2 Å². The van der Waals surface area contributed by atoms with E-state index in [-0.39, 0.29) is 4.90 Å². The van der Waals surface area contributed by atoms with Gasteiger partial charge in [0.2, 0.25) is 10.0 Å². The molecule has 1 saturated heterocycles. The minimum atomic E-state index is -3.66. The molecule has 0 N–H and O–H groups in total. The van der Waals surface area contributed by atoms with Crippen LogP contribution in [0.15, 0.2) is 58.4 Å². The molecule has 2 aromatic heterocycles. The van der Waals surface area contributed by atoms with Crippen LogP contribution in [0.2, 0.25) is 0 Å². The number of hydrogen-bond donors (Lipinski definition) is 0. The fraction of sp³-hybridized carbons (Fsp3) is 0.278. The number of aromatic nitrogens is 4. The van der Waals surface area contributed by atoms with Gasteiger partial charge < -0.3 is 9.64 Å². The van der Waals surface area contributed by atoms with Crippen molar-refractivity contribution in [3.8, 4) is 11.6 Å². The number of halogens is 1. The highest BCUT2D eigenvalue weighted by Crippen LogP contribution is 2.30. The summed E-state index contributed by atoms with van der Waals surface area (Å²) in [5.41, 5.74) is 0. The highest BCUT2D eigenvalue weighted by molar-refractivity contribution is 9.10. The summed E-state index contributed by atoms with van der Waals surface area (Å²) in [6.07, 6.45) is 5.13. The lowest BCUT2D eigenvalue weighted by atomic mass is 10.3. The predicted molar refractivity (Wildman–Crippen MR) is 111 cm³/mol. The maximum Gasteiger partial charge on any atom is 0.246 e. The number of methoxy groups -OCH3 is 1. The molecule has 0 atom stereocenters. The van der Waals surface area contributed by atoms with Crippen LogP contribution in [0.5, 0.6) is 5.75 Å². The van der Waals surface area contributed by atoms with Crippen molar-refractivity contribution in [3.63, 3.8) is 0 Å². The van der Waals surface area contributed by atoms with Crippen molar-refractivity contribution in [1.29, 1.82) is 0 Å². The van der Waals surface area contributed by atoms with Crippen molar-refractivity contribution in [2.75, 3.05) is 38.2 Å². The molecule has 3 aromatic rings. The molecule has 4 rings (SSSR count). The molecule has 0 unspecified atom stereocenters. The first-order valence-electron chi connectivity index (χ1n) is 8.90. The second-order valence-corrected chi connectivity index (χ2v) is 9.23. The van der Waals surface area contributed by atoms with Gasteiger partial charge in [-0.1, -0.05) is 15.9 Å². The fourth-order valence-electron chi connectivity index (χ4n) is 3.17. The highest BCUT2D eigenvalue weighted by atomic mass is 79.9. The Bertz CT molecular complexity index is 1080. The number of hydrogen-bond acceptors (Lipinski definition) is 7. The van der Waals surface area contributed by atoms with E-state index in [4.69, 9.17) is 4.74 Å². The van der Waals surface area contributed by atoms with Crippen molar-refractivity contribution in [1.82, 2.24) is 24.1 Å². The Morgan fingerprint density at radius 2 is 1.76 bits per heavy atom. The number of sulfonamides is 1. The molecular formula is C18H19BrN6O3S. The molecule has 1 aliphatic rings. The summed E-state index contributed by atoms with van der Waals surface area (Å²) in [6.45, 7) is 1.75. The Morgan fingerprint density at radius 1 is 1.03 bits per heavy atom. The number of ether oxygens (including phenoxy) is 1. The smallest absolute Gasteiger partial charge is 0.246 e. The summed E-state index contributed by atoms with van der Waals surface area (Å²) < 4.78 is 35.4. The van der Waals surface area contributed by atoms with E-state index in [9.17, 15) is 8.42 Å². The van der Waals surface area contributed by atoms with Crippen LogP contribution in [0.3, 0.4) is 0 Å². The third-order valence-electron chi connectivity index (χ3n) is 4.71. The molecule has 1 fully saturated rings. The van der Waals surface area contributed by atoms with E-state index in [1.54, 1.807) is 41.5 Å². The number of nitrogens with zero attached hydrogens (tertiary/aromatic N) is 6. The maximum absolute atomic E-state index is 13.1. The predicted octanol–water partition coefficient (Wildman–Crippen LogP) is 1.94. The number of rotatable bonds is 5. The van der Waals surface area contributed by atoms with Crippen LogP contribution < -0.4 is 9.64 Å². The van der Waals surface area contributed by atoms with Gasteiger partial charge in [0.15, 0.2) is 11.6 Å². The number of piperazine rings is 1. The van der Waals surface area contributed by atoms with Crippen LogP contribution in [0.25, 0.3) is 5.82 Å². The van der Waals surface area contributed by atoms with E-state index >= 15 is 0 Å². The third kappa shape index (κ3) is 3.98.